The zero-order chi connectivity index (χ0) is 13.1. The third kappa shape index (κ3) is 3.34. The molecule has 2 N–H and O–H groups in total. The second-order valence-electron chi connectivity index (χ2n) is 4.03. The largest absolute Gasteiger partial charge is 0.456 e. The standard InChI is InChI=1S/C14H13Br2NO/c1-9(17)10-2-7-14(13(16)8-10)18-12-5-3-11(15)4-6-12/h2-9H,17H2,1H3/t9-/m1/s1. The van der Waals surface area contributed by atoms with Gasteiger partial charge >= 0.3 is 0 Å². The average molecular weight is 371 g/mol. The Hall–Kier alpha value is -0.840. The van der Waals surface area contributed by atoms with Crippen LogP contribution in [0.2, 0.25) is 0 Å². The summed E-state index contributed by atoms with van der Waals surface area (Å²) in [4.78, 5) is 0. The van der Waals surface area contributed by atoms with Gasteiger partial charge in [-0.05, 0) is 64.8 Å². The van der Waals surface area contributed by atoms with E-state index in [1.54, 1.807) is 0 Å². The van der Waals surface area contributed by atoms with Crippen molar-refractivity contribution in [2.75, 3.05) is 0 Å². The lowest BCUT2D eigenvalue weighted by molar-refractivity contribution is 0.479. The number of nitrogens with two attached hydrogens (primary N) is 1. The van der Waals surface area contributed by atoms with Crippen LogP contribution in [0.5, 0.6) is 11.5 Å². The summed E-state index contributed by atoms with van der Waals surface area (Å²) >= 11 is 6.89. The Bertz CT molecular complexity index is 538. The van der Waals surface area contributed by atoms with Crippen LogP contribution >= 0.6 is 31.9 Å². The van der Waals surface area contributed by atoms with Gasteiger partial charge in [-0.15, -0.1) is 0 Å². The van der Waals surface area contributed by atoms with Crippen molar-refractivity contribution < 1.29 is 4.74 Å². The van der Waals surface area contributed by atoms with E-state index in [4.69, 9.17) is 10.5 Å². The molecular weight excluding hydrogens is 358 g/mol. The minimum Gasteiger partial charge on any atom is -0.456 e. The molecule has 1 atom stereocenters. The summed E-state index contributed by atoms with van der Waals surface area (Å²) in [5.74, 6) is 1.58. The summed E-state index contributed by atoms with van der Waals surface area (Å²) in [6.07, 6.45) is 0. The molecule has 2 rings (SSSR count). The summed E-state index contributed by atoms with van der Waals surface area (Å²) < 4.78 is 7.72. The Morgan fingerprint density at radius 1 is 1.06 bits per heavy atom. The highest BCUT2D eigenvalue weighted by Gasteiger charge is 2.06. The highest BCUT2D eigenvalue weighted by Crippen LogP contribution is 2.32. The van der Waals surface area contributed by atoms with Gasteiger partial charge in [0.05, 0.1) is 4.47 Å². The number of rotatable bonds is 3. The first-order valence-corrected chi connectivity index (χ1v) is 7.13. The first kappa shape index (κ1) is 13.6. The fourth-order valence-corrected chi connectivity index (χ4v) is 2.25. The summed E-state index contributed by atoms with van der Waals surface area (Å²) in [6, 6.07) is 13.6. The molecule has 0 aliphatic rings. The van der Waals surface area contributed by atoms with E-state index in [2.05, 4.69) is 31.9 Å². The smallest absolute Gasteiger partial charge is 0.141 e. The van der Waals surface area contributed by atoms with Crippen molar-refractivity contribution in [3.8, 4) is 11.5 Å². The number of halogens is 2. The van der Waals surface area contributed by atoms with Gasteiger partial charge in [0.25, 0.3) is 0 Å². The summed E-state index contributed by atoms with van der Waals surface area (Å²) in [7, 11) is 0. The van der Waals surface area contributed by atoms with E-state index in [9.17, 15) is 0 Å². The van der Waals surface area contributed by atoms with Crippen LogP contribution in [0.1, 0.15) is 18.5 Å². The SMILES string of the molecule is C[C@@H](N)c1ccc(Oc2ccc(Br)cc2)c(Br)c1. The van der Waals surface area contributed by atoms with Crippen LogP contribution < -0.4 is 10.5 Å². The molecule has 18 heavy (non-hydrogen) atoms. The average Bonchev–Trinajstić information content (AvgIpc) is 2.34. The van der Waals surface area contributed by atoms with Gasteiger partial charge in [-0.2, -0.15) is 0 Å². The van der Waals surface area contributed by atoms with Gasteiger partial charge in [-0.1, -0.05) is 22.0 Å². The van der Waals surface area contributed by atoms with Gasteiger partial charge in [0.15, 0.2) is 0 Å². The van der Waals surface area contributed by atoms with Crippen LogP contribution in [0.25, 0.3) is 0 Å². The van der Waals surface area contributed by atoms with Crippen LogP contribution in [0.15, 0.2) is 51.4 Å². The summed E-state index contributed by atoms with van der Waals surface area (Å²) in [5.41, 5.74) is 6.91. The van der Waals surface area contributed by atoms with E-state index in [1.165, 1.54) is 0 Å². The minimum absolute atomic E-state index is 0.0167. The van der Waals surface area contributed by atoms with E-state index < -0.39 is 0 Å². The Morgan fingerprint density at radius 3 is 2.28 bits per heavy atom. The molecule has 0 fully saturated rings. The molecule has 0 amide bonds. The Kier molecular flexibility index (Phi) is 4.43. The topological polar surface area (TPSA) is 35.2 Å². The molecule has 0 unspecified atom stereocenters. The molecule has 4 heteroatoms. The van der Waals surface area contributed by atoms with Crippen molar-refractivity contribution >= 4 is 31.9 Å². The van der Waals surface area contributed by atoms with Gasteiger partial charge in [-0.25, -0.2) is 0 Å². The highest BCUT2D eigenvalue weighted by molar-refractivity contribution is 9.10. The molecule has 0 saturated heterocycles. The summed E-state index contributed by atoms with van der Waals surface area (Å²) in [5, 5.41) is 0. The number of ether oxygens (including phenoxy) is 1. The van der Waals surface area contributed by atoms with Crippen LogP contribution in [0.3, 0.4) is 0 Å². The third-order valence-electron chi connectivity index (χ3n) is 2.52. The lowest BCUT2D eigenvalue weighted by atomic mass is 10.1. The second kappa shape index (κ2) is 5.87. The lowest BCUT2D eigenvalue weighted by Crippen LogP contribution is -2.04. The number of hydrogen-bond acceptors (Lipinski definition) is 2. The van der Waals surface area contributed by atoms with Gasteiger partial charge < -0.3 is 10.5 Å². The number of benzene rings is 2. The minimum atomic E-state index is 0.0167. The number of hydrogen-bond donors (Lipinski definition) is 1. The quantitative estimate of drug-likeness (QED) is 0.822. The van der Waals surface area contributed by atoms with Crippen molar-refractivity contribution in [1.29, 1.82) is 0 Å². The third-order valence-corrected chi connectivity index (χ3v) is 3.67. The Morgan fingerprint density at radius 2 is 1.72 bits per heavy atom. The first-order valence-electron chi connectivity index (χ1n) is 5.54. The molecule has 0 saturated carbocycles. The van der Waals surface area contributed by atoms with Crippen molar-refractivity contribution in [2.45, 2.75) is 13.0 Å². The van der Waals surface area contributed by atoms with Crippen LogP contribution in [0.4, 0.5) is 0 Å². The van der Waals surface area contributed by atoms with Crippen LogP contribution in [0, 0.1) is 0 Å². The van der Waals surface area contributed by atoms with Gasteiger partial charge in [-0.3, -0.25) is 0 Å². The van der Waals surface area contributed by atoms with E-state index in [-0.39, 0.29) is 6.04 Å². The maximum Gasteiger partial charge on any atom is 0.141 e. The van der Waals surface area contributed by atoms with Gasteiger partial charge in [0.1, 0.15) is 11.5 Å². The molecule has 0 bridgehead atoms. The normalized spacial score (nSPS) is 12.2. The molecule has 94 valence electrons. The zero-order valence-corrected chi connectivity index (χ0v) is 13.0. The van der Waals surface area contributed by atoms with Gasteiger partial charge in [0, 0.05) is 10.5 Å². The molecule has 0 aromatic heterocycles. The monoisotopic (exact) mass is 369 g/mol. The zero-order valence-electron chi connectivity index (χ0n) is 9.86. The Labute approximate surface area is 123 Å². The predicted molar refractivity (Wildman–Crippen MR) is 81.0 cm³/mol. The maximum atomic E-state index is 5.84. The van der Waals surface area contributed by atoms with E-state index in [0.717, 1.165) is 26.0 Å². The predicted octanol–water partition coefficient (Wildman–Crippen LogP) is 5.02. The van der Waals surface area contributed by atoms with Crippen molar-refractivity contribution in [3.63, 3.8) is 0 Å². The second-order valence-corrected chi connectivity index (χ2v) is 5.80. The van der Waals surface area contributed by atoms with Crippen LogP contribution in [-0.4, -0.2) is 0 Å². The van der Waals surface area contributed by atoms with Crippen molar-refractivity contribution in [1.82, 2.24) is 0 Å². The fraction of sp³-hybridized carbons (Fsp3) is 0.143. The van der Waals surface area contributed by atoms with Gasteiger partial charge in [0.2, 0.25) is 0 Å². The molecule has 0 radical (unpaired) electrons. The lowest BCUT2D eigenvalue weighted by Gasteiger charge is -2.11. The molecular formula is C14H13Br2NO. The molecule has 0 spiro atoms. The van der Waals surface area contributed by atoms with Crippen molar-refractivity contribution in [3.05, 3.63) is 57.0 Å². The molecule has 2 nitrogen and oxygen atoms in total. The molecule has 2 aromatic carbocycles. The van der Waals surface area contributed by atoms with E-state index in [0.29, 0.717) is 0 Å². The van der Waals surface area contributed by atoms with E-state index >= 15 is 0 Å². The Balaban J connectivity index is 2.22. The molecule has 0 heterocycles. The first-order chi connectivity index (χ1) is 8.56. The molecule has 2 aromatic rings. The van der Waals surface area contributed by atoms with E-state index in [1.807, 2.05) is 49.4 Å². The fourth-order valence-electron chi connectivity index (χ4n) is 1.51. The molecule has 0 aliphatic carbocycles. The maximum absolute atomic E-state index is 5.84. The molecule has 0 aliphatic heterocycles. The summed E-state index contributed by atoms with van der Waals surface area (Å²) in [6.45, 7) is 1.96. The highest BCUT2D eigenvalue weighted by atomic mass is 79.9. The van der Waals surface area contributed by atoms with Crippen molar-refractivity contribution in [2.24, 2.45) is 5.73 Å². The van der Waals surface area contributed by atoms with Crippen LogP contribution in [-0.2, 0) is 0 Å².